The minimum Gasteiger partial charge on any atom is -0.337 e. The zero-order valence-electron chi connectivity index (χ0n) is 15.0. The maximum atomic E-state index is 12.7. The van der Waals surface area contributed by atoms with Crippen LogP contribution in [0.15, 0.2) is 59.5 Å². The van der Waals surface area contributed by atoms with E-state index in [1.807, 2.05) is 31.2 Å². The molecule has 2 aromatic rings. The zero-order chi connectivity index (χ0) is 19.4. The van der Waals surface area contributed by atoms with Crippen molar-refractivity contribution in [2.24, 2.45) is 0 Å². The highest BCUT2D eigenvalue weighted by Gasteiger charge is 2.29. The van der Waals surface area contributed by atoms with Crippen LogP contribution < -0.4 is 0 Å². The Morgan fingerprint density at radius 1 is 1.04 bits per heavy atom. The summed E-state index contributed by atoms with van der Waals surface area (Å²) in [4.78, 5) is 14.2. The lowest BCUT2D eigenvalue weighted by Gasteiger charge is -2.33. The molecule has 142 valence electrons. The summed E-state index contributed by atoms with van der Waals surface area (Å²) in [6.07, 6.45) is 3.32. The Kier molecular flexibility index (Phi) is 5.99. The van der Waals surface area contributed by atoms with Crippen molar-refractivity contribution < 1.29 is 13.2 Å². The van der Waals surface area contributed by atoms with Crippen LogP contribution in [-0.2, 0) is 14.8 Å². The standard InChI is InChI=1S/C20H21ClN2O3S/c1-16-4-2-5-17(14-16)8-9-20(24)22-10-12-23(13-11-22)27(25,26)19-7-3-6-18(21)15-19/h2-9,14-15H,10-13H2,1H3/b9-8-. The molecule has 0 aromatic heterocycles. The number of rotatable bonds is 4. The molecule has 0 radical (unpaired) electrons. The van der Waals surface area contributed by atoms with Gasteiger partial charge in [0.2, 0.25) is 15.9 Å². The van der Waals surface area contributed by atoms with Crippen molar-refractivity contribution in [3.05, 3.63) is 70.8 Å². The smallest absolute Gasteiger partial charge is 0.246 e. The molecular formula is C20H21ClN2O3S. The average molecular weight is 405 g/mol. The van der Waals surface area contributed by atoms with E-state index in [9.17, 15) is 13.2 Å². The Hall–Kier alpha value is -2.15. The Labute approximate surface area is 164 Å². The highest BCUT2D eigenvalue weighted by atomic mass is 35.5. The second-order valence-corrected chi connectivity index (χ2v) is 8.81. The molecule has 7 heteroatoms. The van der Waals surface area contributed by atoms with Gasteiger partial charge in [-0.05, 0) is 36.8 Å². The average Bonchev–Trinajstić information content (AvgIpc) is 2.66. The monoisotopic (exact) mass is 404 g/mol. The molecule has 0 spiro atoms. The zero-order valence-corrected chi connectivity index (χ0v) is 16.6. The molecule has 0 bridgehead atoms. The fourth-order valence-electron chi connectivity index (χ4n) is 2.97. The molecule has 0 saturated carbocycles. The van der Waals surface area contributed by atoms with E-state index in [2.05, 4.69) is 0 Å². The number of carbonyl (C=O) groups excluding carboxylic acids is 1. The van der Waals surface area contributed by atoms with Gasteiger partial charge in [0.1, 0.15) is 0 Å². The van der Waals surface area contributed by atoms with Gasteiger partial charge in [-0.2, -0.15) is 4.31 Å². The first-order chi connectivity index (χ1) is 12.9. The second kappa shape index (κ2) is 8.25. The maximum Gasteiger partial charge on any atom is 0.246 e. The van der Waals surface area contributed by atoms with Gasteiger partial charge in [0.05, 0.1) is 4.90 Å². The van der Waals surface area contributed by atoms with Crippen LogP contribution in [0.25, 0.3) is 6.08 Å². The minimum absolute atomic E-state index is 0.115. The van der Waals surface area contributed by atoms with E-state index in [0.717, 1.165) is 11.1 Å². The summed E-state index contributed by atoms with van der Waals surface area (Å²) < 4.78 is 26.8. The summed E-state index contributed by atoms with van der Waals surface area (Å²) in [5.41, 5.74) is 2.09. The number of benzene rings is 2. The highest BCUT2D eigenvalue weighted by Crippen LogP contribution is 2.21. The van der Waals surface area contributed by atoms with Crippen LogP contribution in [0.1, 0.15) is 11.1 Å². The first-order valence-electron chi connectivity index (χ1n) is 8.66. The Balaban J connectivity index is 1.62. The number of nitrogens with zero attached hydrogens (tertiary/aromatic N) is 2. The number of aryl methyl sites for hydroxylation is 1. The fraction of sp³-hybridized carbons (Fsp3) is 0.250. The minimum atomic E-state index is -3.60. The summed E-state index contributed by atoms with van der Waals surface area (Å²) in [6.45, 7) is 3.24. The number of halogens is 1. The van der Waals surface area contributed by atoms with Crippen LogP contribution in [0.2, 0.25) is 5.02 Å². The Morgan fingerprint density at radius 2 is 1.74 bits per heavy atom. The van der Waals surface area contributed by atoms with Crippen LogP contribution in [0.4, 0.5) is 0 Å². The molecular weight excluding hydrogens is 384 g/mol. The van der Waals surface area contributed by atoms with Crippen LogP contribution in [0, 0.1) is 6.92 Å². The number of hydrogen-bond acceptors (Lipinski definition) is 3. The Morgan fingerprint density at radius 3 is 2.41 bits per heavy atom. The van der Waals surface area contributed by atoms with Gasteiger partial charge in [-0.25, -0.2) is 8.42 Å². The molecule has 3 rings (SSSR count). The fourth-order valence-corrected chi connectivity index (χ4v) is 4.70. The predicted molar refractivity (Wildman–Crippen MR) is 107 cm³/mol. The normalized spacial score (nSPS) is 16.0. The van der Waals surface area contributed by atoms with Crippen LogP contribution in [0.3, 0.4) is 0 Å². The van der Waals surface area contributed by atoms with E-state index in [4.69, 9.17) is 11.6 Å². The lowest BCUT2D eigenvalue weighted by Crippen LogP contribution is -2.50. The van der Waals surface area contributed by atoms with Crippen molar-refractivity contribution in [1.82, 2.24) is 9.21 Å². The van der Waals surface area contributed by atoms with Crippen molar-refractivity contribution in [1.29, 1.82) is 0 Å². The van der Waals surface area contributed by atoms with Gasteiger partial charge < -0.3 is 4.90 Å². The molecule has 1 amide bonds. The number of hydrogen-bond donors (Lipinski definition) is 0. The summed E-state index contributed by atoms with van der Waals surface area (Å²) in [7, 11) is -3.60. The number of amides is 1. The van der Waals surface area contributed by atoms with Crippen LogP contribution in [-0.4, -0.2) is 49.7 Å². The van der Waals surface area contributed by atoms with E-state index in [-0.39, 0.29) is 23.9 Å². The molecule has 0 unspecified atom stereocenters. The molecule has 5 nitrogen and oxygen atoms in total. The summed E-state index contributed by atoms with van der Waals surface area (Å²) in [5.74, 6) is -0.115. The van der Waals surface area contributed by atoms with Crippen molar-refractivity contribution in [3.63, 3.8) is 0 Å². The van der Waals surface area contributed by atoms with E-state index >= 15 is 0 Å². The van der Waals surface area contributed by atoms with Gasteiger partial charge >= 0.3 is 0 Å². The van der Waals surface area contributed by atoms with Gasteiger partial charge in [0.25, 0.3) is 0 Å². The maximum absolute atomic E-state index is 12.7. The van der Waals surface area contributed by atoms with Gasteiger partial charge in [0, 0.05) is 37.3 Å². The predicted octanol–water partition coefficient (Wildman–Crippen LogP) is 3.19. The SMILES string of the molecule is Cc1cccc(/C=C\C(=O)N2CCN(S(=O)(=O)c3cccc(Cl)c3)CC2)c1. The van der Waals surface area contributed by atoms with E-state index in [1.54, 1.807) is 23.1 Å². The molecule has 2 aromatic carbocycles. The lowest BCUT2D eigenvalue weighted by molar-refractivity contribution is -0.127. The van der Waals surface area contributed by atoms with Gasteiger partial charge in [-0.3, -0.25) is 4.79 Å². The molecule has 27 heavy (non-hydrogen) atoms. The third-order valence-corrected chi connectivity index (χ3v) is 6.57. The van der Waals surface area contributed by atoms with Crippen molar-refractivity contribution in [3.8, 4) is 0 Å². The third kappa shape index (κ3) is 4.77. The molecule has 1 aliphatic rings. The van der Waals surface area contributed by atoms with Gasteiger partial charge in [-0.15, -0.1) is 0 Å². The molecule has 0 N–H and O–H groups in total. The number of piperazine rings is 1. The number of sulfonamides is 1. The van der Waals surface area contributed by atoms with Crippen LogP contribution >= 0.6 is 11.6 Å². The first kappa shape index (κ1) is 19.6. The molecule has 1 fully saturated rings. The van der Waals surface area contributed by atoms with Gasteiger partial charge in [-0.1, -0.05) is 47.5 Å². The van der Waals surface area contributed by atoms with Crippen molar-refractivity contribution >= 4 is 33.6 Å². The molecule has 0 aliphatic carbocycles. The summed E-state index contributed by atoms with van der Waals surface area (Å²) in [5, 5.41) is 0.381. The van der Waals surface area contributed by atoms with E-state index in [0.29, 0.717) is 18.1 Å². The van der Waals surface area contributed by atoms with Crippen molar-refractivity contribution in [2.75, 3.05) is 26.2 Å². The molecule has 1 heterocycles. The molecule has 1 aliphatic heterocycles. The largest absolute Gasteiger partial charge is 0.337 e. The van der Waals surface area contributed by atoms with E-state index < -0.39 is 10.0 Å². The van der Waals surface area contributed by atoms with Gasteiger partial charge in [0.15, 0.2) is 0 Å². The molecule has 0 atom stereocenters. The summed E-state index contributed by atoms with van der Waals surface area (Å²) >= 11 is 5.91. The third-order valence-electron chi connectivity index (χ3n) is 4.44. The second-order valence-electron chi connectivity index (χ2n) is 6.43. The topological polar surface area (TPSA) is 57.7 Å². The Bertz CT molecular complexity index is 965. The van der Waals surface area contributed by atoms with E-state index in [1.165, 1.54) is 22.5 Å². The highest BCUT2D eigenvalue weighted by molar-refractivity contribution is 7.89. The molecule has 1 saturated heterocycles. The number of carbonyl (C=O) groups is 1. The van der Waals surface area contributed by atoms with Crippen LogP contribution in [0.5, 0.6) is 0 Å². The quantitative estimate of drug-likeness (QED) is 0.735. The lowest BCUT2D eigenvalue weighted by atomic mass is 10.1. The van der Waals surface area contributed by atoms with Crippen molar-refractivity contribution in [2.45, 2.75) is 11.8 Å². The first-order valence-corrected chi connectivity index (χ1v) is 10.5. The summed E-state index contributed by atoms with van der Waals surface area (Å²) in [6, 6.07) is 14.1.